The van der Waals surface area contributed by atoms with Crippen LogP contribution in [0.3, 0.4) is 0 Å². The van der Waals surface area contributed by atoms with Gasteiger partial charge in [0.1, 0.15) is 0 Å². The van der Waals surface area contributed by atoms with Crippen molar-refractivity contribution in [2.24, 2.45) is 11.3 Å². The molecule has 3 aromatic carbocycles. The zero-order valence-corrected chi connectivity index (χ0v) is 17.9. The van der Waals surface area contributed by atoms with E-state index in [0.717, 1.165) is 11.1 Å². The number of anilines is 1. The van der Waals surface area contributed by atoms with Gasteiger partial charge < -0.3 is 0 Å². The summed E-state index contributed by atoms with van der Waals surface area (Å²) in [5.74, 6) is -1.22. The molecule has 1 aliphatic heterocycles. The number of allylic oxidation sites excluding steroid dienone is 2. The fourth-order valence-corrected chi connectivity index (χ4v) is 5.41. The van der Waals surface area contributed by atoms with E-state index < -0.39 is 11.3 Å². The highest BCUT2D eigenvalue weighted by molar-refractivity contribution is 6.31. The zero-order valence-electron chi connectivity index (χ0n) is 17.1. The van der Waals surface area contributed by atoms with E-state index in [-0.39, 0.29) is 23.7 Å². The minimum atomic E-state index is -0.907. The molecular weight excluding hydrogens is 406 g/mol. The molecule has 1 heterocycles. The molecule has 5 rings (SSSR count). The molecule has 0 spiro atoms. The SMILES string of the molecule is C[C@]12C(=O)N(c3cccc(Cl)c3)C(=O)[C@H]1[C@@H](c1ccccc1)C=C[C@H]2c1ccccc1. The molecule has 154 valence electrons. The average Bonchev–Trinajstić information content (AvgIpc) is 3.00. The van der Waals surface area contributed by atoms with E-state index in [1.165, 1.54) is 4.90 Å². The second-order valence-corrected chi connectivity index (χ2v) is 8.87. The molecule has 0 radical (unpaired) electrons. The normalized spacial score (nSPS) is 27.4. The predicted octanol–water partition coefficient (Wildman–Crippen LogP) is 5.97. The molecule has 0 unspecified atom stereocenters. The van der Waals surface area contributed by atoms with Gasteiger partial charge >= 0.3 is 0 Å². The monoisotopic (exact) mass is 427 g/mol. The van der Waals surface area contributed by atoms with Crippen LogP contribution in [0.1, 0.15) is 29.9 Å². The molecule has 1 aliphatic carbocycles. The predicted molar refractivity (Wildman–Crippen MR) is 123 cm³/mol. The van der Waals surface area contributed by atoms with Crippen molar-refractivity contribution in [3.05, 3.63) is 113 Å². The van der Waals surface area contributed by atoms with Gasteiger partial charge in [0.05, 0.1) is 17.0 Å². The summed E-state index contributed by atoms with van der Waals surface area (Å²) >= 11 is 6.19. The van der Waals surface area contributed by atoms with Gasteiger partial charge in [-0.3, -0.25) is 9.59 Å². The summed E-state index contributed by atoms with van der Waals surface area (Å²) in [4.78, 5) is 29.2. The van der Waals surface area contributed by atoms with Crippen molar-refractivity contribution in [1.82, 2.24) is 0 Å². The highest BCUT2D eigenvalue weighted by Gasteiger charge is 2.63. The summed E-state index contributed by atoms with van der Waals surface area (Å²) in [7, 11) is 0. The van der Waals surface area contributed by atoms with Crippen molar-refractivity contribution in [2.45, 2.75) is 18.8 Å². The molecule has 3 nitrogen and oxygen atoms in total. The summed E-state index contributed by atoms with van der Waals surface area (Å²) in [6.45, 7) is 1.94. The van der Waals surface area contributed by atoms with E-state index in [2.05, 4.69) is 12.2 Å². The van der Waals surface area contributed by atoms with Gasteiger partial charge in [-0.1, -0.05) is 90.5 Å². The Bertz CT molecular complexity index is 1170. The lowest BCUT2D eigenvalue weighted by molar-refractivity contribution is -0.127. The quantitative estimate of drug-likeness (QED) is 0.381. The number of hydrogen-bond donors (Lipinski definition) is 0. The maximum absolute atomic E-state index is 14.0. The number of hydrogen-bond acceptors (Lipinski definition) is 2. The smallest absolute Gasteiger partial charge is 0.241 e. The van der Waals surface area contributed by atoms with E-state index in [1.807, 2.05) is 67.6 Å². The van der Waals surface area contributed by atoms with Crippen molar-refractivity contribution in [2.75, 3.05) is 4.90 Å². The van der Waals surface area contributed by atoms with Crippen LogP contribution in [-0.2, 0) is 9.59 Å². The van der Waals surface area contributed by atoms with Crippen molar-refractivity contribution in [1.29, 1.82) is 0 Å². The van der Waals surface area contributed by atoms with Gasteiger partial charge in [0, 0.05) is 16.9 Å². The Labute approximate surface area is 187 Å². The first-order valence-corrected chi connectivity index (χ1v) is 10.8. The van der Waals surface area contributed by atoms with Crippen LogP contribution in [0.4, 0.5) is 5.69 Å². The molecule has 31 heavy (non-hydrogen) atoms. The van der Waals surface area contributed by atoms with E-state index >= 15 is 0 Å². The van der Waals surface area contributed by atoms with Gasteiger partial charge in [-0.25, -0.2) is 4.90 Å². The molecule has 4 atom stereocenters. The summed E-state index contributed by atoms with van der Waals surface area (Å²) in [6.07, 6.45) is 4.21. The number of benzene rings is 3. The Hall–Kier alpha value is -3.17. The third kappa shape index (κ3) is 3.03. The largest absolute Gasteiger partial charge is 0.274 e. The molecule has 1 saturated heterocycles. The standard InChI is InChI=1S/C27H22ClNO2/c1-27-23(19-11-6-3-7-12-19)16-15-22(18-9-4-2-5-10-18)24(27)25(30)29(26(27)31)21-14-8-13-20(28)17-21/h2-17,22-24H,1H3/t22-,23+,24-,27-/m1/s1. The van der Waals surface area contributed by atoms with Crippen molar-refractivity contribution < 1.29 is 9.59 Å². The van der Waals surface area contributed by atoms with Gasteiger partial charge in [0.25, 0.3) is 0 Å². The van der Waals surface area contributed by atoms with Crippen LogP contribution in [0, 0.1) is 11.3 Å². The molecule has 2 amide bonds. The van der Waals surface area contributed by atoms with Crippen LogP contribution < -0.4 is 4.90 Å². The maximum Gasteiger partial charge on any atom is 0.241 e. The summed E-state index contributed by atoms with van der Waals surface area (Å²) in [5, 5.41) is 0.496. The molecule has 0 aromatic heterocycles. The number of imide groups is 1. The average molecular weight is 428 g/mol. The first-order chi connectivity index (χ1) is 15.0. The van der Waals surface area contributed by atoms with Crippen molar-refractivity contribution >= 4 is 29.1 Å². The van der Waals surface area contributed by atoms with Crippen LogP contribution in [0.5, 0.6) is 0 Å². The molecule has 2 aliphatic rings. The Balaban J connectivity index is 1.69. The number of halogens is 1. The van der Waals surface area contributed by atoms with Crippen molar-refractivity contribution in [3.63, 3.8) is 0 Å². The van der Waals surface area contributed by atoms with E-state index in [4.69, 9.17) is 11.6 Å². The first-order valence-electron chi connectivity index (χ1n) is 10.4. The van der Waals surface area contributed by atoms with E-state index in [1.54, 1.807) is 24.3 Å². The van der Waals surface area contributed by atoms with Gasteiger partial charge in [-0.15, -0.1) is 0 Å². The van der Waals surface area contributed by atoms with Crippen LogP contribution in [-0.4, -0.2) is 11.8 Å². The Morgan fingerprint density at radius 1 is 0.806 bits per heavy atom. The van der Waals surface area contributed by atoms with Crippen molar-refractivity contribution in [3.8, 4) is 0 Å². The van der Waals surface area contributed by atoms with E-state index in [0.29, 0.717) is 10.7 Å². The Morgan fingerprint density at radius 3 is 2.10 bits per heavy atom. The fourth-order valence-electron chi connectivity index (χ4n) is 5.22. The summed E-state index contributed by atoms with van der Waals surface area (Å²) in [5.41, 5.74) is 1.69. The Morgan fingerprint density at radius 2 is 1.45 bits per heavy atom. The fraction of sp³-hybridized carbons (Fsp3) is 0.185. The number of carbonyl (C=O) groups excluding carboxylic acids is 2. The lowest BCUT2D eigenvalue weighted by Crippen LogP contribution is -2.42. The van der Waals surface area contributed by atoms with Gasteiger partial charge in [0.2, 0.25) is 11.8 Å². The third-order valence-corrected chi connectivity index (χ3v) is 6.96. The molecule has 0 N–H and O–H groups in total. The van der Waals surface area contributed by atoms with Crippen LogP contribution in [0.2, 0.25) is 5.02 Å². The van der Waals surface area contributed by atoms with Gasteiger partial charge in [0.15, 0.2) is 0 Å². The van der Waals surface area contributed by atoms with Gasteiger partial charge in [-0.05, 0) is 36.2 Å². The van der Waals surface area contributed by atoms with Gasteiger partial charge in [-0.2, -0.15) is 0 Å². The lowest BCUT2D eigenvalue weighted by atomic mass is 9.58. The van der Waals surface area contributed by atoms with Crippen LogP contribution in [0.25, 0.3) is 0 Å². The Kier molecular flexibility index (Phi) is 4.79. The summed E-state index contributed by atoms with van der Waals surface area (Å²) < 4.78 is 0. The minimum Gasteiger partial charge on any atom is -0.274 e. The van der Waals surface area contributed by atoms with Crippen LogP contribution in [0.15, 0.2) is 97.1 Å². The number of amides is 2. The molecule has 0 bridgehead atoms. The number of carbonyl (C=O) groups is 2. The lowest BCUT2D eigenvalue weighted by Gasteiger charge is -2.41. The topological polar surface area (TPSA) is 37.4 Å². The van der Waals surface area contributed by atoms with E-state index in [9.17, 15) is 9.59 Å². The second kappa shape index (κ2) is 7.51. The molecule has 1 fully saturated rings. The summed E-state index contributed by atoms with van der Waals surface area (Å²) in [6, 6.07) is 26.9. The number of rotatable bonds is 3. The molecule has 3 aromatic rings. The molecule has 4 heteroatoms. The number of nitrogens with zero attached hydrogens (tertiary/aromatic N) is 1. The van der Waals surface area contributed by atoms with Crippen LogP contribution >= 0.6 is 11.6 Å². The number of fused-ring (bicyclic) bond motifs is 1. The minimum absolute atomic E-state index is 0.172. The zero-order chi connectivity index (χ0) is 21.6. The second-order valence-electron chi connectivity index (χ2n) is 8.43. The molecule has 0 saturated carbocycles. The maximum atomic E-state index is 14.0. The first kappa shape index (κ1) is 19.8. The third-order valence-electron chi connectivity index (χ3n) is 6.72. The molecular formula is C27H22ClNO2. The highest BCUT2D eigenvalue weighted by Crippen LogP contribution is 2.57. The highest BCUT2D eigenvalue weighted by atomic mass is 35.5.